The average molecular weight is 497 g/mol. The van der Waals surface area contributed by atoms with Gasteiger partial charge in [0.1, 0.15) is 12.3 Å². The molecule has 0 saturated heterocycles. The summed E-state index contributed by atoms with van der Waals surface area (Å²) >= 11 is 0. The minimum absolute atomic E-state index is 0.00329. The number of aryl methyl sites for hydroxylation is 1. The van der Waals surface area contributed by atoms with Gasteiger partial charge in [0.15, 0.2) is 5.78 Å². The largest absolute Gasteiger partial charge is 0.497 e. The number of ketones is 1. The Bertz CT molecular complexity index is 1400. The van der Waals surface area contributed by atoms with Crippen molar-refractivity contribution in [3.63, 3.8) is 0 Å². The van der Waals surface area contributed by atoms with Crippen molar-refractivity contribution in [1.29, 1.82) is 0 Å². The summed E-state index contributed by atoms with van der Waals surface area (Å²) < 4.78 is 7.33. The van der Waals surface area contributed by atoms with Crippen molar-refractivity contribution in [2.75, 3.05) is 38.0 Å². The van der Waals surface area contributed by atoms with Crippen LogP contribution < -0.4 is 15.0 Å². The SMILES string of the molecule is COc1cccc(C=NCC(=O)c2ccc3c(ccn3CCCC(=O)Nc3ccc(N(C)C)cc3)c2)c1. The van der Waals surface area contributed by atoms with Crippen LogP contribution in [0.5, 0.6) is 5.75 Å². The van der Waals surface area contributed by atoms with Gasteiger partial charge in [-0.2, -0.15) is 0 Å². The number of Topliss-reactive ketones (excluding diaryl/α,β-unsaturated/α-hetero) is 1. The van der Waals surface area contributed by atoms with Crippen LogP contribution in [0, 0.1) is 0 Å². The topological polar surface area (TPSA) is 75.9 Å². The van der Waals surface area contributed by atoms with Crippen LogP contribution in [0.3, 0.4) is 0 Å². The Balaban J connectivity index is 1.29. The van der Waals surface area contributed by atoms with Crippen molar-refractivity contribution in [2.24, 2.45) is 4.99 Å². The predicted octanol–water partition coefficient (Wildman–Crippen LogP) is 5.44. The number of nitrogens with zero attached hydrogens (tertiary/aromatic N) is 3. The van der Waals surface area contributed by atoms with Gasteiger partial charge in [-0.05, 0) is 72.6 Å². The molecule has 0 spiro atoms. The maximum absolute atomic E-state index is 12.7. The molecule has 7 heteroatoms. The molecule has 37 heavy (non-hydrogen) atoms. The molecular formula is C30H32N4O3. The van der Waals surface area contributed by atoms with Gasteiger partial charge in [0, 0.05) is 67.3 Å². The number of fused-ring (bicyclic) bond motifs is 1. The van der Waals surface area contributed by atoms with Gasteiger partial charge >= 0.3 is 0 Å². The molecule has 4 aromatic rings. The van der Waals surface area contributed by atoms with Crippen molar-refractivity contribution in [3.8, 4) is 5.75 Å². The molecule has 190 valence electrons. The van der Waals surface area contributed by atoms with E-state index in [1.165, 1.54) is 0 Å². The first-order valence-electron chi connectivity index (χ1n) is 12.3. The standard InChI is InChI=1S/C30H32N4O3/c1-33(2)26-12-10-25(11-13-26)32-30(36)8-5-16-34-17-15-23-19-24(9-14-28(23)34)29(35)21-31-20-22-6-4-7-27(18-22)37-3/h4,6-7,9-15,17-20H,5,8,16,21H2,1-3H3,(H,32,36). The van der Waals surface area contributed by atoms with E-state index in [1.807, 2.05) is 98.0 Å². The summed E-state index contributed by atoms with van der Waals surface area (Å²) in [7, 11) is 5.58. The van der Waals surface area contributed by atoms with E-state index in [1.54, 1.807) is 13.3 Å². The third-order valence-corrected chi connectivity index (χ3v) is 6.13. The monoisotopic (exact) mass is 496 g/mol. The van der Waals surface area contributed by atoms with Gasteiger partial charge in [0.2, 0.25) is 5.91 Å². The van der Waals surface area contributed by atoms with Crippen molar-refractivity contribution in [3.05, 3.63) is 90.1 Å². The number of anilines is 2. The Morgan fingerprint density at radius 1 is 1.03 bits per heavy atom. The minimum Gasteiger partial charge on any atom is -0.497 e. The van der Waals surface area contributed by atoms with Gasteiger partial charge in [0.25, 0.3) is 0 Å². The number of benzene rings is 3. The van der Waals surface area contributed by atoms with Gasteiger partial charge in [-0.15, -0.1) is 0 Å². The van der Waals surface area contributed by atoms with Crippen molar-refractivity contribution < 1.29 is 14.3 Å². The fourth-order valence-electron chi connectivity index (χ4n) is 4.09. The molecule has 0 saturated carbocycles. The van der Waals surface area contributed by atoms with Crippen LogP contribution in [0.15, 0.2) is 84.0 Å². The number of carbonyl (C=O) groups is 2. The molecule has 0 unspecified atom stereocenters. The first-order chi connectivity index (χ1) is 17.9. The normalized spacial score (nSPS) is 11.1. The Hall–Kier alpha value is -4.39. The molecule has 3 aromatic carbocycles. The molecule has 0 aliphatic carbocycles. The molecule has 0 radical (unpaired) electrons. The molecule has 7 nitrogen and oxygen atoms in total. The van der Waals surface area contributed by atoms with Crippen LogP contribution >= 0.6 is 0 Å². The zero-order valence-electron chi connectivity index (χ0n) is 21.5. The van der Waals surface area contributed by atoms with E-state index < -0.39 is 0 Å². The third-order valence-electron chi connectivity index (χ3n) is 6.13. The summed E-state index contributed by atoms with van der Waals surface area (Å²) in [5, 5.41) is 3.95. The number of rotatable bonds is 11. The predicted molar refractivity (Wildman–Crippen MR) is 150 cm³/mol. The highest BCUT2D eigenvalue weighted by Crippen LogP contribution is 2.20. The fraction of sp³-hybridized carbons (Fsp3) is 0.233. The van der Waals surface area contributed by atoms with Crippen LogP contribution in [0.25, 0.3) is 10.9 Å². The lowest BCUT2D eigenvalue weighted by molar-refractivity contribution is -0.116. The van der Waals surface area contributed by atoms with Crippen molar-refractivity contribution in [1.82, 2.24) is 4.57 Å². The number of ether oxygens (including phenoxy) is 1. The molecule has 0 bridgehead atoms. The average Bonchev–Trinajstić information content (AvgIpc) is 3.31. The first-order valence-corrected chi connectivity index (χ1v) is 12.3. The fourth-order valence-corrected chi connectivity index (χ4v) is 4.09. The summed E-state index contributed by atoms with van der Waals surface area (Å²) in [6.07, 6.45) is 4.82. The number of aromatic nitrogens is 1. The van der Waals surface area contributed by atoms with E-state index in [-0.39, 0.29) is 18.2 Å². The molecule has 1 N–H and O–H groups in total. The third kappa shape index (κ3) is 6.85. The Morgan fingerprint density at radius 3 is 2.59 bits per heavy atom. The van der Waals surface area contributed by atoms with Gasteiger partial charge in [0.05, 0.1) is 7.11 Å². The minimum atomic E-state index is -0.0379. The molecule has 4 rings (SSSR count). The highest BCUT2D eigenvalue weighted by Gasteiger charge is 2.09. The summed E-state index contributed by atoms with van der Waals surface area (Å²) in [5.74, 6) is 0.710. The van der Waals surface area contributed by atoms with E-state index in [9.17, 15) is 9.59 Å². The molecule has 1 amide bonds. The highest BCUT2D eigenvalue weighted by atomic mass is 16.5. The van der Waals surface area contributed by atoms with Crippen LogP contribution in [-0.2, 0) is 11.3 Å². The van der Waals surface area contributed by atoms with Gasteiger partial charge < -0.3 is 19.5 Å². The van der Waals surface area contributed by atoms with E-state index in [2.05, 4.69) is 14.9 Å². The lowest BCUT2D eigenvalue weighted by atomic mass is 10.1. The van der Waals surface area contributed by atoms with E-state index in [0.717, 1.165) is 33.6 Å². The van der Waals surface area contributed by atoms with Gasteiger partial charge in [-0.3, -0.25) is 14.6 Å². The molecular weight excluding hydrogens is 464 g/mol. The van der Waals surface area contributed by atoms with Crippen molar-refractivity contribution >= 4 is 40.2 Å². The smallest absolute Gasteiger partial charge is 0.224 e. The summed E-state index contributed by atoms with van der Waals surface area (Å²) in [6, 6.07) is 23.0. The zero-order chi connectivity index (χ0) is 26.2. The van der Waals surface area contributed by atoms with Crippen LogP contribution in [-0.4, -0.2) is 50.2 Å². The number of nitrogens with one attached hydrogen (secondary N) is 1. The summed E-state index contributed by atoms with van der Waals surface area (Å²) in [4.78, 5) is 31.4. The Kier molecular flexibility index (Phi) is 8.36. The molecule has 0 aliphatic heterocycles. The maximum atomic E-state index is 12.7. The maximum Gasteiger partial charge on any atom is 0.224 e. The van der Waals surface area contributed by atoms with Crippen LogP contribution in [0.4, 0.5) is 11.4 Å². The second-order valence-corrected chi connectivity index (χ2v) is 9.05. The number of amides is 1. The van der Waals surface area contributed by atoms with Crippen LogP contribution in [0.1, 0.15) is 28.8 Å². The van der Waals surface area contributed by atoms with E-state index in [0.29, 0.717) is 24.9 Å². The van der Waals surface area contributed by atoms with Crippen molar-refractivity contribution in [2.45, 2.75) is 19.4 Å². The zero-order valence-corrected chi connectivity index (χ0v) is 21.5. The molecule has 1 aromatic heterocycles. The lowest BCUT2D eigenvalue weighted by Gasteiger charge is -2.13. The molecule has 1 heterocycles. The Morgan fingerprint density at radius 2 is 1.84 bits per heavy atom. The summed E-state index contributed by atoms with van der Waals surface area (Å²) in [6.45, 7) is 0.797. The van der Waals surface area contributed by atoms with Crippen LogP contribution in [0.2, 0.25) is 0 Å². The van der Waals surface area contributed by atoms with E-state index >= 15 is 0 Å². The second kappa shape index (κ2) is 12.0. The lowest BCUT2D eigenvalue weighted by Crippen LogP contribution is -2.13. The highest BCUT2D eigenvalue weighted by molar-refractivity contribution is 6.01. The number of carbonyl (C=O) groups excluding carboxylic acids is 2. The van der Waals surface area contributed by atoms with Gasteiger partial charge in [-0.25, -0.2) is 0 Å². The van der Waals surface area contributed by atoms with Gasteiger partial charge in [-0.1, -0.05) is 12.1 Å². The quantitative estimate of drug-likeness (QED) is 0.222. The number of aliphatic imine (C=N–C) groups is 1. The molecule has 0 fully saturated rings. The first kappa shape index (κ1) is 25.7. The van der Waals surface area contributed by atoms with E-state index in [4.69, 9.17) is 4.74 Å². The number of methoxy groups -OCH3 is 1. The number of hydrogen-bond acceptors (Lipinski definition) is 5. The molecule has 0 aliphatic rings. The molecule has 0 atom stereocenters. The second-order valence-electron chi connectivity index (χ2n) is 9.05. The summed E-state index contributed by atoms with van der Waals surface area (Å²) in [5.41, 5.74) is 4.44. The number of hydrogen-bond donors (Lipinski definition) is 1. The Labute approximate surface area is 217 Å².